The van der Waals surface area contributed by atoms with E-state index in [1.165, 1.54) is 23.5 Å². The Balaban J connectivity index is 1.43. The lowest BCUT2D eigenvalue weighted by Gasteiger charge is -2.07. The molecule has 0 spiro atoms. The van der Waals surface area contributed by atoms with Crippen LogP contribution in [0.1, 0.15) is 11.3 Å². The molecule has 3 rings (SSSR count). The van der Waals surface area contributed by atoms with Crippen molar-refractivity contribution in [3.63, 3.8) is 0 Å². The molecule has 0 bridgehead atoms. The highest BCUT2D eigenvalue weighted by Gasteiger charge is 2.09. The van der Waals surface area contributed by atoms with E-state index >= 15 is 0 Å². The van der Waals surface area contributed by atoms with Gasteiger partial charge in [0.05, 0.1) is 12.1 Å². The molecule has 2 heterocycles. The summed E-state index contributed by atoms with van der Waals surface area (Å²) in [6, 6.07) is 8.40. The fourth-order valence-corrected chi connectivity index (χ4v) is 3.85. The molecule has 0 atom stereocenters. The minimum absolute atomic E-state index is 0.0928. The SMILES string of the molecule is O=C(Cc1csc(-c2ccsc2)n1)NCCc1ccc(OC(F)F)cc1. The second kappa shape index (κ2) is 8.86. The molecule has 26 heavy (non-hydrogen) atoms. The molecule has 136 valence electrons. The number of thiophene rings is 1. The van der Waals surface area contributed by atoms with Gasteiger partial charge in [0.1, 0.15) is 10.8 Å². The van der Waals surface area contributed by atoms with Gasteiger partial charge in [-0.3, -0.25) is 4.79 Å². The van der Waals surface area contributed by atoms with Gasteiger partial charge in [0.25, 0.3) is 0 Å². The number of amides is 1. The number of carbonyl (C=O) groups is 1. The lowest BCUT2D eigenvalue weighted by Crippen LogP contribution is -2.27. The molecule has 1 N–H and O–H groups in total. The monoisotopic (exact) mass is 394 g/mol. The molecule has 8 heteroatoms. The standard InChI is InChI=1S/C18H16F2N2O2S2/c19-18(20)24-15-3-1-12(2-4-15)5-7-21-16(23)9-14-11-26-17(22-14)13-6-8-25-10-13/h1-4,6,8,10-11,18H,5,7,9H2,(H,21,23). The van der Waals surface area contributed by atoms with Crippen LogP contribution in [0.15, 0.2) is 46.5 Å². The number of ether oxygens (including phenoxy) is 1. The second-order valence-corrected chi connectivity index (χ2v) is 7.09. The number of hydrogen-bond acceptors (Lipinski definition) is 5. The number of rotatable bonds is 8. The Morgan fingerprint density at radius 1 is 1.19 bits per heavy atom. The Labute approximate surface area is 157 Å². The van der Waals surface area contributed by atoms with Crippen LogP contribution in [0.5, 0.6) is 5.75 Å². The third-order valence-corrected chi connectivity index (χ3v) is 5.17. The molecule has 2 aromatic heterocycles. The molecular formula is C18H16F2N2O2S2. The maximum atomic E-state index is 12.1. The normalized spacial score (nSPS) is 10.9. The van der Waals surface area contributed by atoms with Crippen molar-refractivity contribution >= 4 is 28.6 Å². The van der Waals surface area contributed by atoms with E-state index in [4.69, 9.17) is 0 Å². The van der Waals surface area contributed by atoms with E-state index in [9.17, 15) is 13.6 Å². The van der Waals surface area contributed by atoms with Gasteiger partial charge in [0.2, 0.25) is 5.91 Å². The van der Waals surface area contributed by atoms with E-state index in [-0.39, 0.29) is 18.1 Å². The first-order chi connectivity index (χ1) is 12.6. The van der Waals surface area contributed by atoms with E-state index in [0.29, 0.717) is 13.0 Å². The minimum atomic E-state index is -2.83. The van der Waals surface area contributed by atoms with Gasteiger partial charge in [-0.05, 0) is 35.6 Å². The van der Waals surface area contributed by atoms with Crippen molar-refractivity contribution in [2.45, 2.75) is 19.5 Å². The smallest absolute Gasteiger partial charge is 0.387 e. The van der Waals surface area contributed by atoms with Crippen LogP contribution in [0.4, 0.5) is 8.78 Å². The summed E-state index contributed by atoms with van der Waals surface area (Å²) in [5.74, 6) is 0.0302. The first-order valence-corrected chi connectivity index (χ1v) is 9.70. The van der Waals surface area contributed by atoms with Gasteiger partial charge in [-0.25, -0.2) is 4.98 Å². The molecule has 0 saturated carbocycles. The zero-order valence-electron chi connectivity index (χ0n) is 13.7. The summed E-state index contributed by atoms with van der Waals surface area (Å²) in [5, 5.41) is 9.68. The molecule has 0 fully saturated rings. The van der Waals surface area contributed by atoms with Crippen molar-refractivity contribution in [1.29, 1.82) is 0 Å². The van der Waals surface area contributed by atoms with Gasteiger partial charge >= 0.3 is 6.61 Å². The number of hydrogen-bond donors (Lipinski definition) is 1. The molecule has 0 saturated heterocycles. The highest BCUT2D eigenvalue weighted by Crippen LogP contribution is 2.25. The summed E-state index contributed by atoms with van der Waals surface area (Å²) in [7, 11) is 0. The number of carbonyl (C=O) groups excluding carboxylic acids is 1. The third kappa shape index (κ3) is 5.34. The summed E-state index contributed by atoms with van der Waals surface area (Å²) in [4.78, 5) is 16.5. The topological polar surface area (TPSA) is 51.2 Å². The van der Waals surface area contributed by atoms with Crippen molar-refractivity contribution in [2.75, 3.05) is 6.54 Å². The number of nitrogens with one attached hydrogen (secondary N) is 1. The maximum Gasteiger partial charge on any atom is 0.387 e. The van der Waals surface area contributed by atoms with Crippen LogP contribution >= 0.6 is 22.7 Å². The highest BCUT2D eigenvalue weighted by molar-refractivity contribution is 7.14. The van der Waals surface area contributed by atoms with Crippen LogP contribution in [0.2, 0.25) is 0 Å². The van der Waals surface area contributed by atoms with Gasteiger partial charge in [-0.2, -0.15) is 20.1 Å². The van der Waals surface area contributed by atoms with Crippen LogP contribution in [0.25, 0.3) is 10.6 Å². The minimum Gasteiger partial charge on any atom is -0.435 e. The Morgan fingerprint density at radius 3 is 2.69 bits per heavy atom. The number of alkyl halides is 2. The van der Waals surface area contributed by atoms with E-state index in [1.54, 1.807) is 23.5 Å². The fraction of sp³-hybridized carbons (Fsp3) is 0.222. The molecule has 0 aliphatic carbocycles. The number of benzene rings is 1. The Bertz CT molecular complexity index is 833. The predicted molar refractivity (Wildman–Crippen MR) is 98.9 cm³/mol. The molecule has 3 aromatic rings. The first kappa shape index (κ1) is 18.5. The molecular weight excluding hydrogens is 378 g/mol. The van der Waals surface area contributed by atoms with Crippen LogP contribution in [-0.4, -0.2) is 24.0 Å². The van der Waals surface area contributed by atoms with Crippen molar-refractivity contribution < 1.29 is 18.3 Å². The summed E-state index contributed by atoms with van der Waals surface area (Å²) in [5.41, 5.74) is 2.76. The van der Waals surface area contributed by atoms with E-state index in [2.05, 4.69) is 15.0 Å². The largest absolute Gasteiger partial charge is 0.435 e. The maximum absolute atomic E-state index is 12.1. The summed E-state index contributed by atoms with van der Waals surface area (Å²) < 4.78 is 28.5. The average molecular weight is 394 g/mol. The predicted octanol–water partition coefficient (Wildman–Crippen LogP) is 4.37. The number of nitrogens with zero attached hydrogens (tertiary/aromatic N) is 1. The molecule has 0 radical (unpaired) electrons. The lowest BCUT2D eigenvalue weighted by molar-refractivity contribution is -0.120. The van der Waals surface area contributed by atoms with Gasteiger partial charge in [0.15, 0.2) is 0 Å². The number of halogens is 2. The van der Waals surface area contributed by atoms with E-state index in [0.717, 1.165) is 21.8 Å². The zero-order chi connectivity index (χ0) is 18.4. The van der Waals surface area contributed by atoms with Crippen molar-refractivity contribution in [3.8, 4) is 16.3 Å². The Kier molecular flexibility index (Phi) is 6.30. The van der Waals surface area contributed by atoms with Crippen molar-refractivity contribution in [3.05, 3.63) is 57.7 Å². The van der Waals surface area contributed by atoms with Crippen molar-refractivity contribution in [1.82, 2.24) is 10.3 Å². The Hall–Kier alpha value is -2.32. The first-order valence-electron chi connectivity index (χ1n) is 7.87. The van der Waals surface area contributed by atoms with Gasteiger partial charge in [-0.15, -0.1) is 11.3 Å². The summed E-state index contributed by atoms with van der Waals surface area (Å²) in [6.07, 6.45) is 0.847. The molecule has 0 unspecified atom stereocenters. The summed E-state index contributed by atoms with van der Waals surface area (Å²) in [6.45, 7) is -2.36. The van der Waals surface area contributed by atoms with Crippen LogP contribution in [-0.2, 0) is 17.6 Å². The van der Waals surface area contributed by atoms with Gasteiger partial charge in [0, 0.05) is 22.9 Å². The van der Waals surface area contributed by atoms with Gasteiger partial charge in [-0.1, -0.05) is 12.1 Å². The third-order valence-electron chi connectivity index (χ3n) is 3.55. The van der Waals surface area contributed by atoms with Crippen molar-refractivity contribution in [2.24, 2.45) is 0 Å². The lowest BCUT2D eigenvalue weighted by atomic mass is 10.1. The Morgan fingerprint density at radius 2 is 2.00 bits per heavy atom. The van der Waals surface area contributed by atoms with Gasteiger partial charge < -0.3 is 10.1 Å². The van der Waals surface area contributed by atoms with Crippen LogP contribution in [0.3, 0.4) is 0 Å². The quantitative estimate of drug-likeness (QED) is 0.617. The zero-order valence-corrected chi connectivity index (χ0v) is 15.3. The number of aromatic nitrogens is 1. The van der Waals surface area contributed by atoms with E-state index < -0.39 is 6.61 Å². The number of thiazole rings is 1. The summed E-state index contributed by atoms with van der Waals surface area (Å²) >= 11 is 3.14. The average Bonchev–Trinajstić information content (AvgIpc) is 3.27. The fourth-order valence-electron chi connectivity index (χ4n) is 2.32. The molecule has 1 amide bonds. The molecule has 0 aliphatic rings. The molecule has 0 aliphatic heterocycles. The highest BCUT2D eigenvalue weighted by atomic mass is 32.1. The molecule has 1 aromatic carbocycles. The molecule has 4 nitrogen and oxygen atoms in total. The van der Waals surface area contributed by atoms with Crippen LogP contribution < -0.4 is 10.1 Å². The van der Waals surface area contributed by atoms with Crippen LogP contribution in [0, 0.1) is 0 Å². The van der Waals surface area contributed by atoms with E-state index in [1.807, 2.05) is 22.2 Å². The second-order valence-electron chi connectivity index (χ2n) is 5.46.